The average molecular weight is 967 g/mol. The van der Waals surface area contributed by atoms with E-state index in [0.717, 1.165) is 83.1 Å². The Morgan fingerprint density at radius 2 is 1.45 bits per heavy atom. The summed E-state index contributed by atoms with van der Waals surface area (Å²) in [4.78, 5) is 17.2. The molecule has 3 aliphatic rings. The molecular formula is C58H82N2O8S. The predicted molar refractivity (Wildman–Crippen MR) is 282 cm³/mol. The summed E-state index contributed by atoms with van der Waals surface area (Å²) in [6.45, 7) is 11.3. The largest absolute Gasteiger partial charge is 0.460 e. The smallest absolute Gasteiger partial charge is 0.269 e. The number of thioether (sulfide) groups is 1. The number of rotatable bonds is 33. The molecule has 69 heavy (non-hydrogen) atoms. The quantitative estimate of drug-likeness (QED) is 0.0265. The van der Waals surface area contributed by atoms with Crippen molar-refractivity contribution in [3.05, 3.63) is 117 Å². The van der Waals surface area contributed by atoms with E-state index >= 15 is 0 Å². The molecule has 378 valence electrons. The van der Waals surface area contributed by atoms with Crippen LogP contribution in [0.1, 0.15) is 170 Å². The van der Waals surface area contributed by atoms with Gasteiger partial charge >= 0.3 is 0 Å². The maximum absolute atomic E-state index is 11.4. The summed E-state index contributed by atoms with van der Waals surface area (Å²) < 4.78 is 21.2. The third kappa shape index (κ3) is 15.2. The lowest BCUT2D eigenvalue weighted by Crippen LogP contribution is -2.64. The third-order valence-corrected chi connectivity index (χ3v) is 16.1. The number of hydrogen-bond acceptors (Lipinski definition) is 10. The van der Waals surface area contributed by atoms with Crippen molar-refractivity contribution in [1.29, 1.82) is 0 Å². The molecule has 11 heteroatoms. The number of aryl methyl sites for hydroxylation is 2. The number of aliphatic hydroxyl groups excluding tert-OH is 2. The minimum absolute atomic E-state index is 0.0335. The Morgan fingerprint density at radius 1 is 0.812 bits per heavy atom. The molecule has 0 aromatic heterocycles. The standard InChI is InChI=1S/C58H82N2O8S/c1-5-7-8-9-10-11-12-13-14-15-16-17-18-23-37-69-55-41-53(59-66-42-45-27-29-47(30-28-45)60(63)64)51-39-46(24-19-21-34-61)50(25-20-22-35-62)56-52-40-49(67-48-31-26-43(3)44(4)38-48)32-33-54(52)68-58(55,57(51)56)65-36-6-2/h6,26-33,38-40,46,50,55-57,61-62H,2,5,7-25,34-37,41-42H2,1,3-4H3. The number of nitro benzene ring substituents is 1. The van der Waals surface area contributed by atoms with E-state index in [-0.39, 0.29) is 54.4 Å². The van der Waals surface area contributed by atoms with Crippen molar-refractivity contribution < 1.29 is 34.2 Å². The molecule has 1 fully saturated rings. The molecule has 1 aliphatic heterocycles. The van der Waals surface area contributed by atoms with Gasteiger partial charge in [0.15, 0.2) is 0 Å². The second-order valence-corrected chi connectivity index (χ2v) is 21.1. The van der Waals surface area contributed by atoms with Crippen molar-refractivity contribution in [3.63, 3.8) is 0 Å². The molecule has 3 aromatic carbocycles. The van der Waals surface area contributed by atoms with Crippen LogP contribution in [0.5, 0.6) is 17.2 Å². The van der Waals surface area contributed by atoms with E-state index in [1.54, 1.807) is 12.1 Å². The number of unbranched alkanes of at least 4 members (excludes halogenated alkanes) is 15. The molecule has 3 aromatic rings. The highest BCUT2D eigenvalue weighted by Crippen LogP contribution is 2.63. The number of hydrogen-bond donors (Lipinski definition) is 2. The number of non-ortho nitro benzene ring substituents is 1. The Bertz CT molecular complexity index is 2110. The molecule has 0 spiro atoms. The first-order valence-corrected chi connectivity index (χ1v) is 27.6. The van der Waals surface area contributed by atoms with Crippen LogP contribution in [-0.2, 0) is 16.2 Å². The van der Waals surface area contributed by atoms with E-state index < -0.39 is 10.7 Å². The van der Waals surface area contributed by atoms with Gasteiger partial charge in [-0.25, -0.2) is 0 Å². The predicted octanol–water partition coefficient (Wildman–Crippen LogP) is 15.1. The Morgan fingerprint density at radius 3 is 2.09 bits per heavy atom. The lowest BCUT2D eigenvalue weighted by Gasteiger charge is -2.58. The minimum Gasteiger partial charge on any atom is -0.460 e. The number of allylic oxidation sites excluding steroid dienone is 1. The van der Waals surface area contributed by atoms with Crippen LogP contribution in [0.4, 0.5) is 5.69 Å². The average Bonchev–Trinajstić information content (AvgIpc) is 3.35. The van der Waals surface area contributed by atoms with Gasteiger partial charge in [0, 0.05) is 43.2 Å². The fourth-order valence-corrected chi connectivity index (χ4v) is 12.3. The molecule has 6 atom stereocenters. The number of aliphatic hydroxyl groups is 2. The summed E-state index contributed by atoms with van der Waals surface area (Å²) in [7, 11) is 0. The number of nitrogens with zero attached hydrogens (tertiary/aromatic N) is 2. The normalized spacial score (nSPS) is 22.1. The molecule has 1 heterocycles. The molecule has 6 unspecified atom stereocenters. The maximum Gasteiger partial charge on any atom is 0.269 e. The molecule has 6 rings (SSSR count). The van der Waals surface area contributed by atoms with E-state index in [1.807, 2.05) is 30.0 Å². The summed E-state index contributed by atoms with van der Waals surface area (Å²) in [5.41, 5.74) is 6.22. The summed E-state index contributed by atoms with van der Waals surface area (Å²) in [6.07, 6.45) is 28.2. The van der Waals surface area contributed by atoms with E-state index in [1.165, 1.54) is 101 Å². The zero-order valence-electron chi connectivity index (χ0n) is 42.1. The van der Waals surface area contributed by atoms with Gasteiger partial charge in [-0.1, -0.05) is 127 Å². The molecule has 2 N–H and O–H groups in total. The highest BCUT2D eigenvalue weighted by molar-refractivity contribution is 8.00. The van der Waals surface area contributed by atoms with Crippen LogP contribution in [0.15, 0.2) is 90.1 Å². The van der Waals surface area contributed by atoms with Crippen LogP contribution in [0.3, 0.4) is 0 Å². The maximum atomic E-state index is 11.4. The number of benzene rings is 3. The van der Waals surface area contributed by atoms with Gasteiger partial charge in [-0.3, -0.25) is 10.1 Å². The summed E-state index contributed by atoms with van der Waals surface area (Å²) >= 11 is 1.92. The van der Waals surface area contributed by atoms with Gasteiger partial charge in [-0.05, 0) is 128 Å². The summed E-state index contributed by atoms with van der Waals surface area (Å²) in [5.74, 6) is 2.25. The number of fused-ring (bicyclic) bond motifs is 2. The lowest BCUT2D eigenvalue weighted by molar-refractivity contribution is -0.384. The van der Waals surface area contributed by atoms with Gasteiger partial charge < -0.3 is 29.3 Å². The molecular weight excluding hydrogens is 885 g/mol. The Balaban J connectivity index is 1.31. The van der Waals surface area contributed by atoms with Gasteiger partial charge in [-0.15, -0.1) is 6.58 Å². The Hall–Kier alpha value is -4.16. The van der Waals surface area contributed by atoms with Crippen molar-refractivity contribution in [3.8, 4) is 17.2 Å². The van der Waals surface area contributed by atoms with E-state index in [0.29, 0.717) is 25.9 Å². The van der Waals surface area contributed by atoms with Crippen LogP contribution >= 0.6 is 11.8 Å². The molecule has 0 amide bonds. The van der Waals surface area contributed by atoms with Crippen molar-refractivity contribution in [1.82, 2.24) is 0 Å². The lowest BCUT2D eigenvalue weighted by atomic mass is 9.56. The third-order valence-electron chi connectivity index (χ3n) is 14.7. The highest BCUT2D eigenvalue weighted by atomic mass is 32.2. The highest BCUT2D eigenvalue weighted by Gasteiger charge is 2.64. The van der Waals surface area contributed by atoms with Crippen LogP contribution in [0.2, 0.25) is 0 Å². The van der Waals surface area contributed by atoms with Crippen molar-refractivity contribution >= 4 is 23.2 Å². The van der Waals surface area contributed by atoms with E-state index in [9.17, 15) is 20.3 Å². The Kier molecular flexibility index (Phi) is 22.5. The second kappa shape index (κ2) is 28.6. The molecule has 10 nitrogen and oxygen atoms in total. The number of nitro groups is 1. The van der Waals surface area contributed by atoms with Crippen molar-refractivity contribution in [2.45, 2.75) is 179 Å². The first-order chi connectivity index (χ1) is 33.7. The first kappa shape index (κ1) is 54.2. The fraction of sp³-hybridized carbons (Fsp3) is 0.603. The second-order valence-electron chi connectivity index (χ2n) is 19.8. The zero-order valence-corrected chi connectivity index (χ0v) is 42.9. The first-order valence-electron chi connectivity index (χ1n) is 26.5. The van der Waals surface area contributed by atoms with Crippen molar-refractivity contribution in [2.24, 2.45) is 22.9 Å². The molecule has 0 saturated heterocycles. The molecule has 0 bridgehead atoms. The summed E-state index contributed by atoms with van der Waals surface area (Å²) in [6, 6.07) is 18.9. The molecule has 0 radical (unpaired) electrons. The number of oxime groups is 1. The van der Waals surface area contributed by atoms with Gasteiger partial charge in [0.25, 0.3) is 5.69 Å². The minimum atomic E-state index is -1.04. The van der Waals surface area contributed by atoms with Crippen LogP contribution < -0.4 is 9.47 Å². The van der Waals surface area contributed by atoms with Gasteiger partial charge in [0.2, 0.25) is 5.79 Å². The zero-order chi connectivity index (χ0) is 48.9. The van der Waals surface area contributed by atoms with E-state index in [4.69, 9.17) is 24.2 Å². The SMILES string of the molecule is C=CCOC12Oc3ccc(Oc4ccc(C)c(C)c4)cc3C3C(CCCCO)C(CCCCO)C=C(C(=NOCc4ccc([N+](=O)[O-])cc4)CC1SCCCCCCCCCCCCCCCC)C32. The van der Waals surface area contributed by atoms with Gasteiger partial charge in [-0.2, -0.15) is 11.8 Å². The molecule has 2 aliphatic carbocycles. The van der Waals surface area contributed by atoms with Crippen LogP contribution in [-0.4, -0.2) is 57.5 Å². The Labute approximate surface area is 417 Å². The summed E-state index contributed by atoms with van der Waals surface area (Å²) in [5, 5.41) is 36.2. The molecule has 1 saturated carbocycles. The van der Waals surface area contributed by atoms with Gasteiger partial charge in [0.1, 0.15) is 23.9 Å². The number of ether oxygens (including phenoxy) is 3. The topological polar surface area (TPSA) is 133 Å². The monoisotopic (exact) mass is 967 g/mol. The van der Waals surface area contributed by atoms with Crippen molar-refractivity contribution in [2.75, 3.05) is 25.6 Å². The van der Waals surface area contributed by atoms with Crippen LogP contribution in [0, 0.1) is 41.7 Å². The van der Waals surface area contributed by atoms with E-state index in [2.05, 4.69) is 57.7 Å². The fourth-order valence-electron chi connectivity index (χ4n) is 10.9. The van der Waals surface area contributed by atoms with Gasteiger partial charge in [0.05, 0.1) is 28.4 Å². The van der Waals surface area contributed by atoms with Crippen LogP contribution in [0.25, 0.3) is 0 Å².